The molecule has 0 aliphatic carbocycles. The Balaban J connectivity index is 1.78. The van der Waals surface area contributed by atoms with Gasteiger partial charge in [0.15, 0.2) is 0 Å². The average Bonchev–Trinajstić information content (AvgIpc) is 2.96. The van der Waals surface area contributed by atoms with E-state index in [1.165, 1.54) is 83.5 Å². The van der Waals surface area contributed by atoms with E-state index in [0.29, 0.717) is 17.0 Å². The second-order valence-corrected chi connectivity index (χ2v) is 8.36. The molecule has 1 aliphatic heterocycles. The van der Waals surface area contributed by atoms with E-state index >= 15 is 0 Å². The number of hydrogen-bond donors (Lipinski definition) is 1. The van der Waals surface area contributed by atoms with Gasteiger partial charge >= 0.3 is 5.91 Å². The van der Waals surface area contributed by atoms with Crippen LogP contribution in [0, 0.1) is 0 Å². The van der Waals surface area contributed by atoms with Gasteiger partial charge in [-0.2, -0.15) is 0 Å². The number of hydrogen-bond acceptors (Lipinski definition) is 2. The molecule has 1 heterocycles. The molecule has 1 N–H and O–H groups in total. The van der Waals surface area contributed by atoms with Gasteiger partial charge in [-0.25, -0.2) is 4.79 Å². The quantitative estimate of drug-likeness (QED) is 0.202. The first-order chi connectivity index (χ1) is 12.7. The summed E-state index contributed by atoms with van der Waals surface area (Å²) in [6, 6.07) is 0. The van der Waals surface area contributed by atoms with Crippen LogP contribution in [0.4, 0.5) is 0 Å². The average molecular weight is 367 g/mol. The lowest BCUT2D eigenvalue weighted by atomic mass is 10.1. The molecule has 0 aromatic carbocycles. The van der Waals surface area contributed by atoms with Crippen molar-refractivity contribution in [3.63, 3.8) is 0 Å². The summed E-state index contributed by atoms with van der Waals surface area (Å²) in [6.07, 6.45) is 24.3. The minimum Gasteiger partial charge on any atom is -0.396 e. The molecule has 1 amide bonds. The van der Waals surface area contributed by atoms with Crippen LogP contribution in [0.1, 0.15) is 103 Å². The van der Waals surface area contributed by atoms with Crippen molar-refractivity contribution in [2.24, 2.45) is 0 Å². The van der Waals surface area contributed by atoms with Gasteiger partial charge in [-0.3, -0.25) is 4.48 Å². The first-order valence-corrected chi connectivity index (χ1v) is 11.3. The summed E-state index contributed by atoms with van der Waals surface area (Å²) in [4.78, 5) is 11.9. The summed E-state index contributed by atoms with van der Waals surface area (Å²) in [6.45, 7) is 2.47. The monoisotopic (exact) mass is 366 g/mol. The lowest BCUT2D eigenvalue weighted by molar-refractivity contribution is -0.826. The number of quaternary nitrogens is 1. The fourth-order valence-corrected chi connectivity index (χ4v) is 3.96. The van der Waals surface area contributed by atoms with Crippen LogP contribution in [0.5, 0.6) is 0 Å². The summed E-state index contributed by atoms with van der Waals surface area (Å²) < 4.78 is 0.702. The molecule has 1 rings (SSSR count). The van der Waals surface area contributed by atoms with Crippen LogP contribution in [0.3, 0.4) is 0 Å². The number of aliphatic hydroxyl groups is 1. The molecule has 26 heavy (non-hydrogen) atoms. The van der Waals surface area contributed by atoms with Crippen LogP contribution < -0.4 is 0 Å². The van der Waals surface area contributed by atoms with Crippen LogP contribution in [0.25, 0.3) is 0 Å². The van der Waals surface area contributed by atoms with Crippen molar-refractivity contribution in [3.05, 3.63) is 12.2 Å². The standard InChI is InChI=1S/C23H44NO2/c1-24(21-18-19-23(24)26)20-16-14-12-10-8-6-4-2-3-5-7-9-11-13-15-17-22-25/h2-3,25H,4-22H2,1H3/q+1/b3-2-. The fraction of sp³-hybridized carbons (Fsp3) is 0.870. The van der Waals surface area contributed by atoms with Crippen molar-refractivity contribution in [3.8, 4) is 0 Å². The summed E-state index contributed by atoms with van der Waals surface area (Å²) in [5, 5.41) is 8.72. The van der Waals surface area contributed by atoms with Crippen molar-refractivity contribution < 1.29 is 14.4 Å². The third kappa shape index (κ3) is 11.1. The molecule has 1 atom stereocenters. The van der Waals surface area contributed by atoms with Crippen molar-refractivity contribution in [2.45, 2.75) is 103 Å². The SMILES string of the molecule is C[N+]1(CCCCCCCC/C=C\CCCCCCCCO)CCCC1=O. The maximum absolute atomic E-state index is 11.9. The van der Waals surface area contributed by atoms with Gasteiger partial charge in [0.2, 0.25) is 0 Å². The maximum Gasteiger partial charge on any atom is 0.313 e. The molecule has 1 fully saturated rings. The highest BCUT2D eigenvalue weighted by molar-refractivity contribution is 5.70. The molecule has 0 spiro atoms. The Morgan fingerprint density at radius 3 is 1.81 bits per heavy atom. The third-order valence-corrected chi connectivity index (χ3v) is 5.86. The van der Waals surface area contributed by atoms with Crippen molar-refractivity contribution in [1.29, 1.82) is 0 Å². The van der Waals surface area contributed by atoms with Crippen LogP contribution in [0.2, 0.25) is 0 Å². The third-order valence-electron chi connectivity index (χ3n) is 5.86. The Kier molecular flexibility index (Phi) is 13.8. The van der Waals surface area contributed by atoms with E-state index in [1.54, 1.807) is 0 Å². The van der Waals surface area contributed by atoms with E-state index in [4.69, 9.17) is 5.11 Å². The molecule has 0 saturated carbocycles. The summed E-state index contributed by atoms with van der Waals surface area (Å²) in [5.74, 6) is 0.457. The molecule has 0 bridgehead atoms. The minimum atomic E-state index is 0.350. The van der Waals surface area contributed by atoms with Gasteiger partial charge in [0.05, 0.1) is 26.6 Å². The molecular weight excluding hydrogens is 322 g/mol. The molecule has 1 aliphatic rings. The van der Waals surface area contributed by atoms with E-state index in [0.717, 1.165) is 32.4 Å². The second-order valence-electron chi connectivity index (χ2n) is 8.36. The summed E-state index contributed by atoms with van der Waals surface area (Å²) >= 11 is 0. The second kappa shape index (κ2) is 15.4. The van der Waals surface area contributed by atoms with Crippen LogP contribution in [0.15, 0.2) is 12.2 Å². The lowest BCUT2D eigenvalue weighted by Crippen LogP contribution is -2.45. The molecule has 0 aromatic heterocycles. The zero-order valence-corrected chi connectivity index (χ0v) is 17.4. The number of allylic oxidation sites excluding steroid dienone is 2. The number of amides is 1. The van der Waals surface area contributed by atoms with E-state index < -0.39 is 0 Å². The normalized spacial score (nSPS) is 20.5. The molecule has 0 aromatic rings. The smallest absolute Gasteiger partial charge is 0.313 e. The molecule has 152 valence electrons. The van der Waals surface area contributed by atoms with Crippen molar-refractivity contribution in [2.75, 3.05) is 26.7 Å². The number of nitrogens with zero attached hydrogens (tertiary/aromatic N) is 1. The highest BCUT2D eigenvalue weighted by Crippen LogP contribution is 2.20. The lowest BCUT2D eigenvalue weighted by Gasteiger charge is -2.26. The molecule has 3 heteroatoms. The molecule has 1 saturated heterocycles. The Bertz CT molecular complexity index is 380. The maximum atomic E-state index is 11.9. The van der Waals surface area contributed by atoms with Crippen molar-refractivity contribution in [1.82, 2.24) is 0 Å². The Morgan fingerprint density at radius 2 is 1.31 bits per heavy atom. The zero-order chi connectivity index (χ0) is 18.9. The van der Waals surface area contributed by atoms with Gasteiger partial charge in [-0.05, 0) is 44.9 Å². The minimum absolute atomic E-state index is 0.350. The molecule has 1 unspecified atom stereocenters. The summed E-state index contributed by atoms with van der Waals surface area (Å²) in [5.41, 5.74) is 0. The van der Waals surface area contributed by atoms with Gasteiger partial charge in [0.1, 0.15) is 0 Å². The number of likely N-dealkylation sites (tertiary alicyclic amines) is 1. The van der Waals surface area contributed by atoms with Crippen LogP contribution >= 0.6 is 0 Å². The first-order valence-electron chi connectivity index (χ1n) is 11.3. The number of unbranched alkanes of at least 4 members (excludes halogenated alkanes) is 12. The summed E-state index contributed by atoms with van der Waals surface area (Å²) in [7, 11) is 2.12. The predicted octanol–water partition coefficient (Wildman–Crippen LogP) is 5.76. The highest BCUT2D eigenvalue weighted by Gasteiger charge is 2.35. The molecule has 0 radical (unpaired) electrons. The van der Waals surface area contributed by atoms with Gasteiger partial charge in [-0.15, -0.1) is 0 Å². The van der Waals surface area contributed by atoms with E-state index in [9.17, 15) is 4.79 Å². The van der Waals surface area contributed by atoms with E-state index in [1.807, 2.05) is 0 Å². The largest absolute Gasteiger partial charge is 0.396 e. The molecular formula is C23H44NO2+. The topological polar surface area (TPSA) is 37.3 Å². The zero-order valence-electron chi connectivity index (χ0n) is 17.4. The fourth-order valence-electron chi connectivity index (χ4n) is 3.96. The molecule has 3 nitrogen and oxygen atoms in total. The van der Waals surface area contributed by atoms with Crippen LogP contribution in [-0.4, -0.2) is 42.2 Å². The predicted molar refractivity (Wildman–Crippen MR) is 111 cm³/mol. The highest BCUT2D eigenvalue weighted by atomic mass is 16.2. The Morgan fingerprint density at radius 1 is 0.808 bits per heavy atom. The first kappa shape index (κ1) is 23.4. The Labute approximate surface area is 162 Å². The van der Waals surface area contributed by atoms with Gasteiger partial charge < -0.3 is 5.11 Å². The number of aliphatic hydroxyl groups excluding tert-OH is 1. The number of carbonyl (C=O) groups is 1. The van der Waals surface area contributed by atoms with E-state index in [2.05, 4.69) is 19.2 Å². The number of carbonyl (C=O) groups excluding carboxylic acids is 1. The Hall–Kier alpha value is -0.670. The van der Waals surface area contributed by atoms with Gasteiger partial charge in [-0.1, -0.05) is 57.1 Å². The van der Waals surface area contributed by atoms with E-state index in [-0.39, 0.29) is 0 Å². The number of rotatable bonds is 17. The van der Waals surface area contributed by atoms with Gasteiger partial charge in [0, 0.05) is 13.0 Å². The van der Waals surface area contributed by atoms with Crippen LogP contribution in [-0.2, 0) is 4.79 Å². The van der Waals surface area contributed by atoms with Crippen molar-refractivity contribution >= 4 is 5.91 Å². The van der Waals surface area contributed by atoms with Gasteiger partial charge in [0.25, 0.3) is 0 Å².